The summed E-state index contributed by atoms with van der Waals surface area (Å²) >= 11 is 0. The van der Waals surface area contributed by atoms with Crippen LogP contribution in [-0.4, -0.2) is 50.3 Å². The van der Waals surface area contributed by atoms with Gasteiger partial charge in [-0.15, -0.1) is 0 Å². The minimum absolute atomic E-state index is 0.643. The van der Waals surface area contributed by atoms with Gasteiger partial charge in [0, 0.05) is 32.3 Å². The number of methoxy groups -OCH3 is 1. The Morgan fingerprint density at radius 1 is 1.38 bits per heavy atom. The molecule has 0 aromatic heterocycles. The molecule has 1 aliphatic rings. The first kappa shape index (κ1) is 13.9. The second-order valence-corrected chi connectivity index (χ2v) is 4.98. The smallest absolute Gasteiger partial charge is 0.0587 e. The number of hydrogen-bond donors (Lipinski definition) is 1. The highest BCUT2D eigenvalue weighted by Gasteiger charge is 2.21. The normalized spacial score (nSPS) is 25.3. The molecule has 96 valence electrons. The van der Waals surface area contributed by atoms with Crippen LogP contribution in [0.25, 0.3) is 0 Å². The fraction of sp³-hybridized carbons (Fsp3) is 1.00. The molecule has 1 saturated heterocycles. The molecule has 3 heteroatoms. The van der Waals surface area contributed by atoms with Gasteiger partial charge < -0.3 is 10.1 Å². The molecule has 0 aromatic rings. The Balaban J connectivity index is 2.24. The first-order chi connectivity index (χ1) is 7.75. The quantitative estimate of drug-likeness (QED) is 0.703. The molecule has 1 fully saturated rings. The van der Waals surface area contributed by atoms with Crippen LogP contribution in [0, 0.1) is 0 Å². The lowest BCUT2D eigenvalue weighted by molar-refractivity contribution is 0.149. The van der Waals surface area contributed by atoms with Crippen molar-refractivity contribution < 1.29 is 4.74 Å². The van der Waals surface area contributed by atoms with E-state index in [9.17, 15) is 0 Å². The van der Waals surface area contributed by atoms with Crippen LogP contribution >= 0.6 is 0 Å². The first-order valence-electron chi connectivity index (χ1n) is 6.71. The monoisotopic (exact) mass is 228 g/mol. The van der Waals surface area contributed by atoms with Crippen molar-refractivity contribution in [3.05, 3.63) is 0 Å². The molecule has 2 atom stereocenters. The van der Waals surface area contributed by atoms with E-state index in [1.54, 1.807) is 7.11 Å². The number of nitrogens with one attached hydrogen (secondary N) is 1. The first-order valence-corrected chi connectivity index (χ1v) is 6.71. The highest BCUT2D eigenvalue weighted by molar-refractivity contribution is 4.77. The summed E-state index contributed by atoms with van der Waals surface area (Å²) in [4.78, 5) is 2.66. The maximum atomic E-state index is 5.03. The van der Waals surface area contributed by atoms with Crippen LogP contribution in [0.5, 0.6) is 0 Å². The Bertz CT molecular complexity index is 175. The van der Waals surface area contributed by atoms with E-state index in [1.165, 1.54) is 32.2 Å². The zero-order valence-corrected chi connectivity index (χ0v) is 11.2. The molecule has 0 aromatic carbocycles. The lowest BCUT2D eigenvalue weighted by atomic mass is 10.1. The molecule has 1 rings (SSSR count). The Morgan fingerprint density at radius 3 is 2.94 bits per heavy atom. The van der Waals surface area contributed by atoms with Gasteiger partial charge in [-0.25, -0.2) is 0 Å². The standard InChI is InChI=1S/C13H28N2O/c1-12-7-5-4-6-9-15(12)13(2)11-14-8-10-16-3/h12-14H,4-11H2,1-3H3. The second kappa shape index (κ2) is 8.04. The number of rotatable bonds is 6. The Morgan fingerprint density at radius 2 is 2.19 bits per heavy atom. The third kappa shape index (κ3) is 4.81. The van der Waals surface area contributed by atoms with E-state index >= 15 is 0 Å². The van der Waals surface area contributed by atoms with Crippen LogP contribution in [0.1, 0.15) is 39.5 Å². The van der Waals surface area contributed by atoms with Crippen molar-refractivity contribution in [1.29, 1.82) is 0 Å². The van der Waals surface area contributed by atoms with Crippen molar-refractivity contribution >= 4 is 0 Å². The van der Waals surface area contributed by atoms with Gasteiger partial charge in [-0.3, -0.25) is 4.90 Å². The minimum Gasteiger partial charge on any atom is -0.383 e. The third-order valence-electron chi connectivity index (χ3n) is 3.59. The summed E-state index contributed by atoms with van der Waals surface area (Å²) in [5.41, 5.74) is 0. The molecular formula is C13H28N2O. The predicted octanol–water partition coefficient (Wildman–Crippen LogP) is 1.88. The van der Waals surface area contributed by atoms with E-state index in [1.807, 2.05) is 0 Å². The van der Waals surface area contributed by atoms with Crippen molar-refractivity contribution in [1.82, 2.24) is 10.2 Å². The summed E-state index contributed by atoms with van der Waals surface area (Å²) in [5, 5.41) is 3.46. The van der Waals surface area contributed by atoms with Crippen LogP contribution in [0.4, 0.5) is 0 Å². The van der Waals surface area contributed by atoms with Gasteiger partial charge in [0.2, 0.25) is 0 Å². The molecule has 0 spiro atoms. The lowest BCUT2D eigenvalue weighted by Crippen LogP contribution is -2.45. The Hall–Kier alpha value is -0.120. The molecule has 0 amide bonds. The molecule has 3 nitrogen and oxygen atoms in total. The summed E-state index contributed by atoms with van der Waals surface area (Å²) in [5.74, 6) is 0. The summed E-state index contributed by atoms with van der Waals surface area (Å²) in [6.07, 6.45) is 5.54. The molecule has 1 heterocycles. The third-order valence-corrected chi connectivity index (χ3v) is 3.59. The fourth-order valence-corrected chi connectivity index (χ4v) is 2.55. The van der Waals surface area contributed by atoms with Crippen LogP contribution in [-0.2, 0) is 4.74 Å². The van der Waals surface area contributed by atoms with Crippen LogP contribution < -0.4 is 5.32 Å². The molecule has 1 aliphatic heterocycles. The maximum Gasteiger partial charge on any atom is 0.0587 e. The topological polar surface area (TPSA) is 24.5 Å². The van der Waals surface area contributed by atoms with E-state index in [2.05, 4.69) is 24.1 Å². The molecule has 0 radical (unpaired) electrons. The van der Waals surface area contributed by atoms with Gasteiger partial charge >= 0.3 is 0 Å². The van der Waals surface area contributed by atoms with Gasteiger partial charge in [-0.05, 0) is 33.2 Å². The van der Waals surface area contributed by atoms with Crippen molar-refractivity contribution in [3.8, 4) is 0 Å². The zero-order chi connectivity index (χ0) is 11.8. The van der Waals surface area contributed by atoms with E-state index in [0.717, 1.165) is 25.7 Å². The van der Waals surface area contributed by atoms with Crippen LogP contribution in [0.2, 0.25) is 0 Å². The SMILES string of the molecule is COCCNCC(C)N1CCCCCC1C. The average Bonchev–Trinajstić information content (AvgIpc) is 2.49. The zero-order valence-electron chi connectivity index (χ0n) is 11.2. The number of ether oxygens (including phenoxy) is 1. The second-order valence-electron chi connectivity index (χ2n) is 4.98. The van der Waals surface area contributed by atoms with Crippen molar-refractivity contribution in [2.75, 3.05) is 33.4 Å². The Kier molecular flexibility index (Phi) is 7.01. The number of nitrogens with zero attached hydrogens (tertiary/aromatic N) is 1. The molecule has 2 unspecified atom stereocenters. The van der Waals surface area contributed by atoms with Crippen molar-refractivity contribution in [2.45, 2.75) is 51.6 Å². The van der Waals surface area contributed by atoms with Gasteiger partial charge in [-0.1, -0.05) is 12.8 Å². The van der Waals surface area contributed by atoms with Crippen molar-refractivity contribution in [3.63, 3.8) is 0 Å². The maximum absolute atomic E-state index is 5.03. The van der Waals surface area contributed by atoms with Gasteiger partial charge in [-0.2, -0.15) is 0 Å². The van der Waals surface area contributed by atoms with E-state index in [-0.39, 0.29) is 0 Å². The van der Waals surface area contributed by atoms with Gasteiger partial charge in [0.05, 0.1) is 6.61 Å². The molecule has 0 bridgehead atoms. The minimum atomic E-state index is 0.643. The largest absolute Gasteiger partial charge is 0.383 e. The van der Waals surface area contributed by atoms with Gasteiger partial charge in [0.25, 0.3) is 0 Å². The molecular weight excluding hydrogens is 200 g/mol. The highest BCUT2D eigenvalue weighted by Crippen LogP contribution is 2.18. The van der Waals surface area contributed by atoms with E-state index in [0.29, 0.717) is 6.04 Å². The Labute approximate surface area is 101 Å². The number of hydrogen-bond acceptors (Lipinski definition) is 3. The van der Waals surface area contributed by atoms with Gasteiger partial charge in [0.1, 0.15) is 0 Å². The van der Waals surface area contributed by atoms with E-state index < -0.39 is 0 Å². The lowest BCUT2D eigenvalue weighted by Gasteiger charge is -2.33. The summed E-state index contributed by atoms with van der Waals surface area (Å²) in [7, 11) is 1.75. The molecule has 0 saturated carbocycles. The molecule has 0 aliphatic carbocycles. The molecule has 16 heavy (non-hydrogen) atoms. The fourth-order valence-electron chi connectivity index (χ4n) is 2.55. The van der Waals surface area contributed by atoms with Crippen LogP contribution in [0.15, 0.2) is 0 Å². The van der Waals surface area contributed by atoms with Crippen molar-refractivity contribution in [2.24, 2.45) is 0 Å². The predicted molar refractivity (Wildman–Crippen MR) is 68.8 cm³/mol. The number of likely N-dealkylation sites (tertiary alicyclic amines) is 1. The summed E-state index contributed by atoms with van der Waals surface area (Å²) in [6.45, 7) is 8.83. The highest BCUT2D eigenvalue weighted by atomic mass is 16.5. The van der Waals surface area contributed by atoms with Gasteiger partial charge in [0.15, 0.2) is 0 Å². The van der Waals surface area contributed by atoms with Crippen LogP contribution in [0.3, 0.4) is 0 Å². The summed E-state index contributed by atoms with van der Waals surface area (Å²) in [6, 6.07) is 1.40. The average molecular weight is 228 g/mol. The van der Waals surface area contributed by atoms with E-state index in [4.69, 9.17) is 4.74 Å². The molecule has 1 N–H and O–H groups in total. The summed E-state index contributed by atoms with van der Waals surface area (Å²) < 4.78 is 5.03.